The number of anilines is 1. The zero-order valence-corrected chi connectivity index (χ0v) is 10.7. The number of alkyl halides is 3. The summed E-state index contributed by atoms with van der Waals surface area (Å²) >= 11 is 0. The van der Waals surface area contributed by atoms with Gasteiger partial charge in [-0.05, 0) is 43.5 Å². The third-order valence-corrected chi connectivity index (χ3v) is 2.96. The second kappa shape index (κ2) is 6.02. The average Bonchev–Trinajstić information content (AvgIpc) is 2.56. The van der Waals surface area contributed by atoms with Gasteiger partial charge in [-0.15, -0.1) is 13.2 Å². The molecule has 1 saturated heterocycles. The van der Waals surface area contributed by atoms with E-state index in [4.69, 9.17) is 0 Å². The predicted molar refractivity (Wildman–Crippen MR) is 67.4 cm³/mol. The van der Waals surface area contributed by atoms with Crippen molar-refractivity contribution < 1.29 is 22.7 Å². The Hall–Kier alpha value is -1.92. The lowest BCUT2D eigenvalue weighted by molar-refractivity contribution is -0.274. The van der Waals surface area contributed by atoms with Crippen LogP contribution in [0.1, 0.15) is 19.3 Å². The maximum Gasteiger partial charge on any atom is 0.573 e. The molecular formula is C13H15F3N2O2. The minimum absolute atomic E-state index is 0.0851. The lowest BCUT2D eigenvalue weighted by Gasteiger charge is -2.17. The van der Waals surface area contributed by atoms with Crippen LogP contribution in [0.3, 0.4) is 0 Å². The summed E-state index contributed by atoms with van der Waals surface area (Å²) in [6.45, 7) is 0.662. The van der Waals surface area contributed by atoms with Crippen molar-refractivity contribution in [3.8, 4) is 5.75 Å². The zero-order chi connectivity index (χ0) is 14.6. The number of benzene rings is 1. The molecule has 0 aromatic heterocycles. The number of carbonyl (C=O) groups excluding carboxylic acids is 1. The van der Waals surface area contributed by atoms with Crippen molar-refractivity contribution in [2.24, 2.45) is 0 Å². The van der Waals surface area contributed by atoms with E-state index in [-0.39, 0.29) is 17.7 Å². The smallest absolute Gasteiger partial charge is 0.406 e. The van der Waals surface area contributed by atoms with Crippen molar-refractivity contribution in [2.45, 2.75) is 31.7 Å². The summed E-state index contributed by atoms with van der Waals surface area (Å²) < 4.78 is 39.8. The standard InChI is InChI=1S/C13H15F3N2O2/c14-13(15,16)20-10-6-4-9(5-7-10)18-11-3-1-2-8-17-12(11)19/h4-7,11,18H,1-3,8H2,(H,17,19). The van der Waals surface area contributed by atoms with Crippen LogP contribution in [0.2, 0.25) is 0 Å². The molecule has 7 heteroatoms. The molecule has 1 amide bonds. The second-order valence-corrected chi connectivity index (χ2v) is 4.56. The maximum atomic E-state index is 12.0. The Bertz CT molecular complexity index is 460. The lowest BCUT2D eigenvalue weighted by Crippen LogP contribution is -2.37. The van der Waals surface area contributed by atoms with Crippen molar-refractivity contribution in [3.63, 3.8) is 0 Å². The Morgan fingerprint density at radius 3 is 2.55 bits per heavy atom. The summed E-state index contributed by atoms with van der Waals surface area (Å²) in [7, 11) is 0. The highest BCUT2D eigenvalue weighted by Crippen LogP contribution is 2.24. The zero-order valence-electron chi connectivity index (χ0n) is 10.7. The number of halogens is 3. The van der Waals surface area contributed by atoms with Crippen LogP contribution in [0, 0.1) is 0 Å². The Morgan fingerprint density at radius 1 is 1.20 bits per heavy atom. The number of nitrogens with one attached hydrogen (secondary N) is 2. The summed E-state index contributed by atoms with van der Waals surface area (Å²) in [5.74, 6) is -0.369. The third-order valence-electron chi connectivity index (χ3n) is 2.96. The van der Waals surface area contributed by atoms with Crippen molar-refractivity contribution in [3.05, 3.63) is 24.3 Å². The highest BCUT2D eigenvalue weighted by atomic mass is 19.4. The van der Waals surface area contributed by atoms with E-state index in [0.29, 0.717) is 18.7 Å². The van der Waals surface area contributed by atoms with Crippen LogP contribution in [0.4, 0.5) is 18.9 Å². The lowest BCUT2D eigenvalue weighted by atomic mass is 10.1. The van der Waals surface area contributed by atoms with Gasteiger partial charge in [0, 0.05) is 12.2 Å². The van der Waals surface area contributed by atoms with E-state index >= 15 is 0 Å². The summed E-state index contributed by atoms with van der Waals surface area (Å²) in [4.78, 5) is 11.7. The molecule has 20 heavy (non-hydrogen) atoms. The van der Waals surface area contributed by atoms with Crippen molar-refractivity contribution in [1.82, 2.24) is 5.32 Å². The minimum Gasteiger partial charge on any atom is -0.406 e. The Balaban J connectivity index is 1.97. The molecule has 1 aliphatic heterocycles. The molecule has 110 valence electrons. The van der Waals surface area contributed by atoms with Crippen LogP contribution in [-0.4, -0.2) is 24.9 Å². The molecule has 2 rings (SSSR count). The summed E-state index contributed by atoms with van der Waals surface area (Å²) in [5.41, 5.74) is 0.585. The molecule has 0 spiro atoms. The molecule has 1 aliphatic rings. The number of amides is 1. The van der Waals surface area contributed by atoms with Gasteiger partial charge in [-0.2, -0.15) is 0 Å². The van der Waals surface area contributed by atoms with Crippen molar-refractivity contribution >= 4 is 11.6 Å². The molecule has 1 fully saturated rings. The first-order chi connectivity index (χ1) is 9.44. The van der Waals surface area contributed by atoms with E-state index in [9.17, 15) is 18.0 Å². The molecule has 1 unspecified atom stereocenters. The monoisotopic (exact) mass is 288 g/mol. The van der Waals surface area contributed by atoms with Gasteiger partial charge in [0.25, 0.3) is 0 Å². The molecule has 1 aromatic carbocycles. The van der Waals surface area contributed by atoms with Gasteiger partial charge in [-0.1, -0.05) is 0 Å². The fourth-order valence-corrected chi connectivity index (χ4v) is 2.03. The van der Waals surface area contributed by atoms with E-state index in [1.54, 1.807) is 0 Å². The van der Waals surface area contributed by atoms with Crippen molar-refractivity contribution in [2.75, 3.05) is 11.9 Å². The first kappa shape index (κ1) is 14.5. The van der Waals surface area contributed by atoms with Crippen LogP contribution >= 0.6 is 0 Å². The molecule has 0 bridgehead atoms. The molecule has 0 radical (unpaired) electrons. The highest BCUT2D eigenvalue weighted by Gasteiger charge is 2.31. The molecule has 2 N–H and O–H groups in total. The van der Waals surface area contributed by atoms with E-state index in [1.165, 1.54) is 24.3 Å². The number of hydrogen-bond acceptors (Lipinski definition) is 3. The maximum absolute atomic E-state index is 12.0. The van der Waals surface area contributed by atoms with Crippen LogP contribution in [0.25, 0.3) is 0 Å². The van der Waals surface area contributed by atoms with Crippen molar-refractivity contribution in [1.29, 1.82) is 0 Å². The predicted octanol–water partition coefficient (Wildman–Crippen LogP) is 2.67. The first-order valence-electron chi connectivity index (χ1n) is 6.34. The molecule has 4 nitrogen and oxygen atoms in total. The number of ether oxygens (including phenoxy) is 1. The van der Waals surface area contributed by atoms with Crippen LogP contribution in [-0.2, 0) is 4.79 Å². The van der Waals surface area contributed by atoms with Gasteiger partial charge in [-0.25, -0.2) is 0 Å². The number of hydrogen-bond donors (Lipinski definition) is 2. The number of carbonyl (C=O) groups is 1. The Morgan fingerprint density at radius 2 is 1.90 bits per heavy atom. The van der Waals surface area contributed by atoms with Crippen LogP contribution in [0.15, 0.2) is 24.3 Å². The fraction of sp³-hybridized carbons (Fsp3) is 0.462. The highest BCUT2D eigenvalue weighted by molar-refractivity contribution is 5.84. The Kier molecular flexibility index (Phi) is 4.36. The fourth-order valence-electron chi connectivity index (χ4n) is 2.03. The number of rotatable bonds is 3. The minimum atomic E-state index is -4.70. The SMILES string of the molecule is O=C1NCCCCC1Nc1ccc(OC(F)(F)F)cc1. The second-order valence-electron chi connectivity index (χ2n) is 4.56. The molecular weight excluding hydrogens is 273 g/mol. The molecule has 1 aromatic rings. The van der Waals surface area contributed by atoms with E-state index in [1.807, 2.05) is 0 Å². The molecule has 0 aliphatic carbocycles. The van der Waals surface area contributed by atoms with E-state index < -0.39 is 6.36 Å². The van der Waals surface area contributed by atoms with Gasteiger partial charge in [0.1, 0.15) is 11.8 Å². The van der Waals surface area contributed by atoms with Gasteiger partial charge in [-0.3, -0.25) is 4.79 Å². The first-order valence-corrected chi connectivity index (χ1v) is 6.34. The summed E-state index contributed by atoms with van der Waals surface area (Å²) in [6.07, 6.45) is -2.14. The molecule has 0 saturated carbocycles. The summed E-state index contributed by atoms with van der Waals surface area (Å²) in [6, 6.07) is 4.99. The van der Waals surface area contributed by atoms with E-state index in [0.717, 1.165) is 12.8 Å². The van der Waals surface area contributed by atoms with Crippen LogP contribution in [0.5, 0.6) is 5.75 Å². The Labute approximate surface area is 114 Å². The third kappa shape index (κ3) is 4.32. The van der Waals surface area contributed by atoms with Gasteiger partial charge >= 0.3 is 6.36 Å². The van der Waals surface area contributed by atoms with Gasteiger partial charge < -0.3 is 15.4 Å². The van der Waals surface area contributed by atoms with Gasteiger partial charge in [0.2, 0.25) is 5.91 Å². The molecule has 1 atom stereocenters. The topological polar surface area (TPSA) is 50.4 Å². The summed E-state index contributed by atoms with van der Waals surface area (Å²) in [5, 5.41) is 5.79. The van der Waals surface area contributed by atoms with Gasteiger partial charge in [0.05, 0.1) is 0 Å². The average molecular weight is 288 g/mol. The van der Waals surface area contributed by atoms with Gasteiger partial charge in [0.15, 0.2) is 0 Å². The van der Waals surface area contributed by atoms with Crippen LogP contribution < -0.4 is 15.4 Å². The quantitative estimate of drug-likeness (QED) is 0.899. The largest absolute Gasteiger partial charge is 0.573 e. The molecule has 1 heterocycles. The van der Waals surface area contributed by atoms with E-state index in [2.05, 4.69) is 15.4 Å². The normalized spacial score (nSPS) is 19.9.